The molecule has 5 rings (SSSR count). The van der Waals surface area contributed by atoms with E-state index >= 15 is 4.21 Å². The van der Waals surface area contributed by atoms with Crippen molar-refractivity contribution in [2.75, 3.05) is 20.3 Å². The van der Waals surface area contributed by atoms with Crippen LogP contribution in [0.4, 0.5) is 4.79 Å². The lowest BCUT2D eigenvalue weighted by molar-refractivity contribution is -0.144. The van der Waals surface area contributed by atoms with Crippen LogP contribution in [0.3, 0.4) is 0 Å². The number of carbonyl (C=O) groups is 2. The van der Waals surface area contributed by atoms with Crippen molar-refractivity contribution >= 4 is 40.7 Å². The summed E-state index contributed by atoms with van der Waals surface area (Å²) in [5.74, 6) is -0.0297. The molecule has 2 fully saturated rings. The molecule has 3 aromatic rings. The molecule has 4 atom stereocenters. The number of aryl methyl sites for hydroxylation is 1. The maximum atomic E-state index is 15.2. The smallest absolute Gasteiger partial charge is 0.443 e. The van der Waals surface area contributed by atoms with Crippen molar-refractivity contribution in [3.8, 4) is 5.88 Å². The van der Waals surface area contributed by atoms with E-state index in [-0.39, 0.29) is 28.5 Å². The summed E-state index contributed by atoms with van der Waals surface area (Å²) >= 11 is 0. The van der Waals surface area contributed by atoms with Crippen molar-refractivity contribution in [3.05, 3.63) is 78.5 Å². The van der Waals surface area contributed by atoms with E-state index in [4.69, 9.17) is 23.6 Å². The largest absolute Gasteiger partial charge is 0.473 e. The molecule has 0 radical (unpaired) electrons. The normalized spacial score (nSPS) is 21.0. The average molecular weight is 764 g/mol. The Hall–Kier alpha value is -3.58. The first-order valence-electron chi connectivity index (χ1n) is 18.8. The lowest BCUT2D eigenvalue weighted by Crippen LogP contribution is -2.66. The number of amides is 1. The zero-order chi connectivity index (χ0) is 38.4. The predicted octanol–water partition coefficient (Wildman–Crippen LogP) is 7.61. The molecule has 10 nitrogen and oxygen atoms in total. The summed E-state index contributed by atoms with van der Waals surface area (Å²) in [7, 11) is -5.12. The first-order chi connectivity index (χ1) is 25.1. The number of hydrogen-bond acceptors (Lipinski definition) is 8. The van der Waals surface area contributed by atoms with Crippen molar-refractivity contribution in [2.24, 2.45) is 10.3 Å². The number of aromatic nitrogens is 1. The van der Waals surface area contributed by atoms with Crippen LogP contribution in [0.5, 0.6) is 5.88 Å². The minimum atomic E-state index is -3.75. The van der Waals surface area contributed by atoms with E-state index in [1.165, 1.54) is 21.8 Å². The molecular weight excluding hydrogens is 707 g/mol. The van der Waals surface area contributed by atoms with E-state index in [9.17, 15) is 9.59 Å². The number of esters is 1. The fourth-order valence-corrected chi connectivity index (χ4v) is 14.5. The Morgan fingerprint density at radius 2 is 1.55 bits per heavy atom. The molecule has 1 aliphatic heterocycles. The monoisotopic (exact) mass is 763 g/mol. The molecule has 1 saturated carbocycles. The van der Waals surface area contributed by atoms with Crippen LogP contribution >= 0.6 is 0 Å². The van der Waals surface area contributed by atoms with Gasteiger partial charge in [-0.2, -0.15) is 4.31 Å². The van der Waals surface area contributed by atoms with Crippen molar-refractivity contribution in [2.45, 2.75) is 121 Å². The van der Waals surface area contributed by atoms with Crippen LogP contribution in [0, 0.1) is 12.8 Å². The van der Waals surface area contributed by atoms with Crippen molar-refractivity contribution in [3.63, 3.8) is 0 Å². The summed E-state index contributed by atoms with van der Waals surface area (Å²) in [6.45, 7) is 14.8. The third-order valence-corrected chi connectivity index (χ3v) is 17.5. The zero-order valence-corrected chi connectivity index (χ0v) is 34.4. The lowest BCUT2D eigenvalue weighted by atomic mass is 9.85. The second-order valence-corrected chi connectivity index (χ2v) is 22.6. The van der Waals surface area contributed by atoms with Gasteiger partial charge in [-0.3, -0.25) is 4.79 Å². The molecule has 2 aromatic carbocycles. The van der Waals surface area contributed by atoms with Gasteiger partial charge >= 0.3 is 12.1 Å². The van der Waals surface area contributed by atoms with Gasteiger partial charge in [0.1, 0.15) is 22.6 Å². The van der Waals surface area contributed by atoms with Gasteiger partial charge in [0.2, 0.25) is 5.88 Å². The molecular formula is C41H57N3O7SSi. The average Bonchev–Trinajstić information content (AvgIpc) is 3.61. The molecule has 12 heteroatoms. The number of benzene rings is 2. The fourth-order valence-electron chi connectivity index (χ4n) is 7.73. The summed E-state index contributed by atoms with van der Waals surface area (Å²) < 4.78 is 45.3. The number of pyridine rings is 1. The topological polar surface area (TPSA) is 117 Å². The van der Waals surface area contributed by atoms with Crippen molar-refractivity contribution < 1.29 is 32.4 Å². The third kappa shape index (κ3) is 9.39. The van der Waals surface area contributed by atoms with Gasteiger partial charge in [-0.05, 0) is 99.7 Å². The molecule has 2 heterocycles. The maximum Gasteiger partial charge on any atom is 0.443 e. The van der Waals surface area contributed by atoms with E-state index in [0.29, 0.717) is 31.1 Å². The standard InChI is InChI=1S/C41H57N3O7SSi/c1-30-24-25-36(52(47,43-39(46)51-40(2,3)4)44-27-16-23-35(44)38(45)48-8)37(42-30)50-32-18-15-17-31(29-32)26-28-49-53(41(5,6)7,33-19-11-9-12-20-33)34-21-13-10-14-22-34/h9-14,19-22,24-25,31-32,35H,15-18,23,26-29H2,1-8H3/t31-,32-,35+,52-/m1/s1. The SMILES string of the molecule is COC(=O)[C@@H]1CCCN1[S@](=O)(=NC(=O)OC(C)(C)C)c1ccc(C)nc1O[C@@H]1CCC[C@H](CCO[Si](c2ccccc2)(c2ccccc2)C(C)(C)C)C1. The summed E-state index contributed by atoms with van der Waals surface area (Å²) in [4.78, 5) is 30.9. The zero-order valence-electron chi connectivity index (χ0n) is 32.6. The van der Waals surface area contributed by atoms with Gasteiger partial charge in [-0.1, -0.05) is 87.9 Å². The van der Waals surface area contributed by atoms with Crippen LogP contribution in [0.1, 0.15) is 92.2 Å². The molecule has 0 spiro atoms. The Morgan fingerprint density at radius 1 is 0.906 bits per heavy atom. The molecule has 1 amide bonds. The van der Waals surface area contributed by atoms with E-state index in [0.717, 1.165) is 32.1 Å². The summed E-state index contributed by atoms with van der Waals surface area (Å²) in [6, 6.07) is 23.9. The molecule has 1 aliphatic carbocycles. The van der Waals surface area contributed by atoms with Crippen LogP contribution in [-0.2, 0) is 28.6 Å². The van der Waals surface area contributed by atoms with Crippen molar-refractivity contribution in [1.29, 1.82) is 0 Å². The number of ether oxygens (including phenoxy) is 3. The van der Waals surface area contributed by atoms with Gasteiger partial charge in [0.15, 0.2) is 9.92 Å². The van der Waals surface area contributed by atoms with Crippen LogP contribution in [0.25, 0.3) is 0 Å². The highest BCUT2D eigenvalue weighted by molar-refractivity contribution is 7.91. The van der Waals surface area contributed by atoms with E-state index in [1.807, 2.05) is 6.92 Å². The number of hydrogen-bond donors (Lipinski definition) is 0. The Bertz CT molecular complexity index is 1800. The minimum Gasteiger partial charge on any atom is -0.473 e. The Labute approximate surface area is 317 Å². The number of nitrogens with zero attached hydrogens (tertiary/aromatic N) is 3. The van der Waals surface area contributed by atoms with Crippen molar-refractivity contribution in [1.82, 2.24) is 9.29 Å². The van der Waals surface area contributed by atoms with Crippen LogP contribution in [0.2, 0.25) is 5.04 Å². The molecule has 0 unspecified atom stereocenters. The van der Waals surface area contributed by atoms with E-state index in [2.05, 4.69) is 85.8 Å². The third-order valence-electron chi connectivity index (χ3n) is 10.1. The van der Waals surface area contributed by atoms with E-state index < -0.39 is 41.9 Å². The summed E-state index contributed by atoms with van der Waals surface area (Å²) in [5.41, 5.74) is -0.198. The number of methoxy groups -OCH3 is 1. The van der Waals surface area contributed by atoms with Gasteiger partial charge < -0.3 is 18.6 Å². The molecule has 288 valence electrons. The molecule has 53 heavy (non-hydrogen) atoms. The van der Waals surface area contributed by atoms with Crippen LogP contribution in [-0.4, -0.2) is 71.9 Å². The highest BCUT2D eigenvalue weighted by Gasteiger charge is 2.50. The van der Waals surface area contributed by atoms with Gasteiger partial charge in [0, 0.05) is 18.8 Å². The second-order valence-electron chi connectivity index (χ2n) is 16.2. The molecule has 1 aromatic heterocycles. The van der Waals surface area contributed by atoms with E-state index in [1.54, 1.807) is 32.9 Å². The Kier molecular flexibility index (Phi) is 12.9. The van der Waals surface area contributed by atoms with Gasteiger partial charge in [0.25, 0.3) is 8.32 Å². The second kappa shape index (κ2) is 16.8. The molecule has 0 N–H and O–H groups in total. The Balaban J connectivity index is 1.40. The summed E-state index contributed by atoms with van der Waals surface area (Å²) in [5, 5.41) is 2.41. The fraction of sp³-hybridized carbons (Fsp3) is 0.537. The first-order valence-corrected chi connectivity index (χ1v) is 22.2. The van der Waals surface area contributed by atoms with Gasteiger partial charge in [-0.25, -0.2) is 14.0 Å². The van der Waals surface area contributed by atoms with Gasteiger partial charge in [0.05, 0.1) is 7.11 Å². The maximum absolute atomic E-state index is 15.2. The number of rotatable bonds is 11. The van der Waals surface area contributed by atoms with Crippen LogP contribution < -0.4 is 15.1 Å². The highest BCUT2D eigenvalue weighted by atomic mass is 32.2. The minimum absolute atomic E-state index is 0.110. The number of carbonyl (C=O) groups excluding carboxylic acids is 2. The van der Waals surface area contributed by atoms with Gasteiger partial charge in [-0.15, -0.1) is 4.36 Å². The predicted molar refractivity (Wildman–Crippen MR) is 210 cm³/mol. The Morgan fingerprint density at radius 3 is 2.13 bits per heavy atom. The quantitative estimate of drug-likeness (QED) is 0.145. The van der Waals surface area contributed by atoms with Crippen LogP contribution in [0.15, 0.2) is 82.1 Å². The molecule has 1 saturated heterocycles. The first kappa shape index (κ1) is 40.6. The molecule has 0 bridgehead atoms. The highest BCUT2D eigenvalue weighted by Crippen LogP contribution is 2.39. The molecule has 2 aliphatic rings. The summed E-state index contributed by atoms with van der Waals surface area (Å²) in [6.07, 6.45) is 4.29. The lowest BCUT2D eigenvalue weighted by Gasteiger charge is -2.43.